The van der Waals surface area contributed by atoms with Gasteiger partial charge in [-0.2, -0.15) is 0 Å². The van der Waals surface area contributed by atoms with E-state index >= 15 is 0 Å². The van der Waals surface area contributed by atoms with Gasteiger partial charge in [0.05, 0.1) is 11.5 Å². The fourth-order valence-corrected chi connectivity index (χ4v) is 3.56. The highest BCUT2D eigenvalue weighted by atomic mass is 16.5. The number of carbonyl (C=O) groups excluding carboxylic acids is 2. The number of hydrogen-bond acceptors (Lipinski definition) is 3. The molecular weight excluding hydrogens is 412 g/mol. The van der Waals surface area contributed by atoms with E-state index in [9.17, 15) is 9.59 Å². The molecule has 0 aliphatic heterocycles. The standard InChI is InChI=1S/C28H24N2O3/c31-27(24-18-10-11-19-25(24)33-20-21-12-4-1-5-13-21)29-30-28(32)26(22-14-6-2-7-15-22)23-16-8-3-9-17-23/h1-19,26H,20H2,(H,29,31)(H,30,32). The van der Waals surface area contributed by atoms with Crippen LogP contribution in [0.25, 0.3) is 0 Å². The molecule has 2 amide bonds. The Labute approximate surface area is 193 Å². The Bertz CT molecular complexity index is 1160. The lowest BCUT2D eigenvalue weighted by atomic mass is 9.91. The first-order valence-electron chi connectivity index (χ1n) is 10.7. The van der Waals surface area contributed by atoms with Crippen LogP contribution in [0.1, 0.15) is 33.0 Å². The molecule has 0 saturated carbocycles. The zero-order chi connectivity index (χ0) is 22.9. The fraction of sp³-hybridized carbons (Fsp3) is 0.0714. The molecule has 0 spiro atoms. The predicted molar refractivity (Wildman–Crippen MR) is 128 cm³/mol. The SMILES string of the molecule is O=C(NNC(=O)C(c1ccccc1)c1ccccc1)c1ccccc1OCc1ccccc1. The number of rotatable bonds is 7. The average Bonchev–Trinajstić information content (AvgIpc) is 2.88. The zero-order valence-electron chi connectivity index (χ0n) is 18.0. The van der Waals surface area contributed by atoms with E-state index in [0.717, 1.165) is 16.7 Å². The molecule has 4 aromatic rings. The summed E-state index contributed by atoms with van der Waals surface area (Å²) in [6.07, 6.45) is 0. The number of carbonyl (C=O) groups is 2. The summed E-state index contributed by atoms with van der Waals surface area (Å²) >= 11 is 0. The number of nitrogens with one attached hydrogen (secondary N) is 2. The molecule has 0 fully saturated rings. The van der Waals surface area contributed by atoms with Crippen LogP contribution in [-0.4, -0.2) is 11.8 Å². The Balaban J connectivity index is 1.46. The lowest BCUT2D eigenvalue weighted by molar-refractivity contribution is -0.122. The normalized spacial score (nSPS) is 10.5. The maximum Gasteiger partial charge on any atom is 0.273 e. The van der Waals surface area contributed by atoms with Gasteiger partial charge in [-0.15, -0.1) is 0 Å². The first kappa shape index (κ1) is 21.8. The molecule has 0 unspecified atom stereocenters. The third-order valence-corrected chi connectivity index (χ3v) is 5.20. The Kier molecular flexibility index (Phi) is 7.13. The highest BCUT2D eigenvalue weighted by molar-refractivity contribution is 5.98. The van der Waals surface area contributed by atoms with E-state index in [1.165, 1.54) is 0 Å². The van der Waals surface area contributed by atoms with Crippen molar-refractivity contribution < 1.29 is 14.3 Å². The zero-order valence-corrected chi connectivity index (χ0v) is 18.0. The van der Waals surface area contributed by atoms with E-state index < -0.39 is 11.8 Å². The maximum absolute atomic E-state index is 13.1. The van der Waals surface area contributed by atoms with Crippen molar-refractivity contribution >= 4 is 11.8 Å². The molecule has 0 bridgehead atoms. The summed E-state index contributed by atoms with van der Waals surface area (Å²) in [7, 11) is 0. The van der Waals surface area contributed by atoms with Crippen molar-refractivity contribution in [2.75, 3.05) is 0 Å². The third-order valence-electron chi connectivity index (χ3n) is 5.20. The van der Waals surface area contributed by atoms with Crippen LogP contribution < -0.4 is 15.6 Å². The molecule has 0 atom stereocenters. The summed E-state index contributed by atoms with van der Waals surface area (Å²) in [6.45, 7) is 0.335. The van der Waals surface area contributed by atoms with Crippen molar-refractivity contribution in [3.05, 3.63) is 138 Å². The molecule has 0 saturated heterocycles. The topological polar surface area (TPSA) is 67.4 Å². The van der Waals surface area contributed by atoms with Gasteiger partial charge in [-0.3, -0.25) is 20.4 Å². The number of amides is 2. The lowest BCUT2D eigenvalue weighted by Gasteiger charge is -2.18. The van der Waals surface area contributed by atoms with Crippen LogP contribution in [0.4, 0.5) is 0 Å². The van der Waals surface area contributed by atoms with Crippen molar-refractivity contribution in [1.29, 1.82) is 0 Å². The molecule has 0 radical (unpaired) electrons. The number of ether oxygens (including phenoxy) is 1. The minimum atomic E-state index is -0.558. The van der Waals surface area contributed by atoms with Crippen molar-refractivity contribution in [2.24, 2.45) is 0 Å². The van der Waals surface area contributed by atoms with E-state index in [4.69, 9.17) is 4.74 Å². The number of hydrazine groups is 1. The second-order valence-corrected chi connectivity index (χ2v) is 7.47. The molecule has 0 aromatic heterocycles. The molecule has 0 aliphatic carbocycles. The van der Waals surface area contributed by atoms with Crippen molar-refractivity contribution in [3.8, 4) is 5.75 Å². The predicted octanol–water partition coefficient (Wildman–Crippen LogP) is 4.86. The molecule has 2 N–H and O–H groups in total. The van der Waals surface area contributed by atoms with E-state index in [-0.39, 0.29) is 5.91 Å². The summed E-state index contributed by atoms with van der Waals surface area (Å²) in [5.41, 5.74) is 8.13. The summed E-state index contributed by atoms with van der Waals surface area (Å²) in [5, 5.41) is 0. The molecule has 5 nitrogen and oxygen atoms in total. The van der Waals surface area contributed by atoms with Crippen LogP contribution in [0.5, 0.6) is 5.75 Å². The first-order chi connectivity index (χ1) is 16.2. The summed E-state index contributed by atoms with van der Waals surface area (Å²) in [5.74, 6) is -0.900. The second-order valence-electron chi connectivity index (χ2n) is 7.47. The Morgan fingerprint density at radius 3 is 1.76 bits per heavy atom. The van der Waals surface area contributed by atoms with Gasteiger partial charge in [0.1, 0.15) is 12.4 Å². The fourth-order valence-electron chi connectivity index (χ4n) is 3.56. The third kappa shape index (κ3) is 5.66. The van der Waals surface area contributed by atoms with Gasteiger partial charge in [-0.1, -0.05) is 103 Å². The summed E-state index contributed by atoms with van der Waals surface area (Å²) in [6, 6.07) is 35.6. The summed E-state index contributed by atoms with van der Waals surface area (Å²) in [4.78, 5) is 26.0. The summed E-state index contributed by atoms with van der Waals surface area (Å²) < 4.78 is 5.86. The van der Waals surface area contributed by atoms with E-state index in [1.54, 1.807) is 24.3 Å². The molecule has 164 valence electrons. The molecule has 0 aliphatic rings. The van der Waals surface area contributed by atoms with Gasteiger partial charge >= 0.3 is 0 Å². The van der Waals surface area contributed by atoms with Gasteiger partial charge in [0.25, 0.3) is 5.91 Å². The van der Waals surface area contributed by atoms with Crippen LogP contribution in [0.3, 0.4) is 0 Å². The molecule has 5 heteroatoms. The van der Waals surface area contributed by atoms with Crippen molar-refractivity contribution in [1.82, 2.24) is 10.9 Å². The minimum absolute atomic E-state index is 0.330. The molecule has 4 aromatic carbocycles. The van der Waals surface area contributed by atoms with Crippen molar-refractivity contribution in [3.63, 3.8) is 0 Å². The quantitative estimate of drug-likeness (QED) is 0.407. The average molecular weight is 437 g/mol. The highest BCUT2D eigenvalue weighted by Gasteiger charge is 2.23. The van der Waals surface area contributed by atoms with Crippen LogP contribution in [0.2, 0.25) is 0 Å². The smallest absolute Gasteiger partial charge is 0.273 e. The maximum atomic E-state index is 13.1. The van der Waals surface area contributed by atoms with Gasteiger partial charge < -0.3 is 4.74 Å². The second kappa shape index (κ2) is 10.8. The largest absolute Gasteiger partial charge is 0.488 e. The van der Waals surface area contributed by atoms with Gasteiger partial charge in [0, 0.05) is 0 Å². The first-order valence-corrected chi connectivity index (χ1v) is 10.7. The van der Waals surface area contributed by atoms with E-state index in [1.807, 2.05) is 91.0 Å². The van der Waals surface area contributed by atoms with E-state index in [2.05, 4.69) is 10.9 Å². The lowest BCUT2D eigenvalue weighted by Crippen LogP contribution is -2.44. The molecule has 4 rings (SSSR count). The van der Waals surface area contributed by atoms with Gasteiger partial charge in [-0.05, 0) is 28.8 Å². The number of benzene rings is 4. The van der Waals surface area contributed by atoms with Gasteiger partial charge in [0.15, 0.2) is 0 Å². The van der Waals surface area contributed by atoms with Gasteiger partial charge in [-0.25, -0.2) is 0 Å². The Morgan fingerprint density at radius 2 is 1.15 bits per heavy atom. The van der Waals surface area contributed by atoms with Crippen molar-refractivity contribution in [2.45, 2.75) is 12.5 Å². The molecule has 33 heavy (non-hydrogen) atoms. The minimum Gasteiger partial charge on any atom is -0.488 e. The van der Waals surface area contributed by atoms with Crippen LogP contribution >= 0.6 is 0 Å². The van der Waals surface area contributed by atoms with E-state index in [0.29, 0.717) is 17.9 Å². The molecule has 0 heterocycles. The van der Waals surface area contributed by atoms with Crippen LogP contribution in [0, 0.1) is 0 Å². The molecular formula is C28H24N2O3. The van der Waals surface area contributed by atoms with Crippen LogP contribution in [0.15, 0.2) is 115 Å². The highest BCUT2D eigenvalue weighted by Crippen LogP contribution is 2.25. The van der Waals surface area contributed by atoms with Crippen LogP contribution in [-0.2, 0) is 11.4 Å². The number of para-hydroxylation sites is 1. The monoisotopic (exact) mass is 436 g/mol. The Morgan fingerprint density at radius 1 is 0.636 bits per heavy atom. The number of hydrogen-bond donors (Lipinski definition) is 2. The Hall–Kier alpha value is -4.38. The van der Waals surface area contributed by atoms with Gasteiger partial charge in [0.2, 0.25) is 5.91 Å².